The Morgan fingerprint density at radius 2 is 1.95 bits per heavy atom. The third-order valence-corrected chi connectivity index (χ3v) is 3.73. The van der Waals surface area contributed by atoms with E-state index in [1.807, 2.05) is 25.4 Å². The summed E-state index contributed by atoms with van der Waals surface area (Å²) in [5.74, 6) is 0.641. The summed E-state index contributed by atoms with van der Waals surface area (Å²) in [5, 5.41) is 4.60. The summed E-state index contributed by atoms with van der Waals surface area (Å²) < 4.78 is 1.74. The van der Waals surface area contributed by atoms with E-state index in [2.05, 4.69) is 35.0 Å². The molecule has 0 aliphatic carbocycles. The maximum atomic E-state index is 6.17. The molecule has 2 heterocycles. The molecular formula is C16H15ClN4. The molecule has 21 heavy (non-hydrogen) atoms. The second-order valence-electron chi connectivity index (χ2n) is 5.05. The molecule has 0 saturated carbocycles. The van der Waals surface area contributed by atoms with Crippen LogP contribution in [0.25, 0.3) is 22.6 Å². The molecule has 2 aromatic heterocycles. The zero-order valence-corrected chi connectivity index (χ0v) is 12.9. The Labute approximate surface area is 128 Å². The molecule has 5 heteroatoms. The zero-order valence-electron chi connectivity index (χ0n) is 12.1. The van der Waals surface area contributed by atoms with E-state index >= 15 is 0 Å². The number of aryl methyl sites for hydroxylation is 2. The molecule has 0 aliphatic heterocycles. The van der Waals surface area contributed by atoms with Gasteiger partial charge in [0, 0.05) is 30.4 Å². The van der Waals surface area contributed by atoms with E-state index in [1.165, 1.54) is 5.56 Å². The highest BCUT2D eigenvalue weighted by Crippen LogP contribution is 2.27. The van der Waals surface area contributed by atoms with Gasteiger partial charge < -0.3 is 0 Å². The smallest absolute Gasteiger partial charge is 0.161 e. The Kier molecular flexibility index (Phi) is 3.47. The summed E-state index contributed by atoms with van der Waals surface area (Å²) in [7, 11) is 1.87. The highest BCUT2D eigenvalue weighted by Gasteiger charge is 2.11. The lowest BCUT2D eigenvalue weighted by atomic mass is 10.0. The van der Waals surface area contributed by atoms with Crippen LogP contribution in [0.2, 0.25) is 5.15 Å². The Hall–Kier alpha value is -2.20. The predicted molar refractivity (Wildman–Crippen MR) is 84.2 cm³/mol. The van der Waals surface area contributed by atoms with Gasteiger partial charge in [-0.05, 0) is 25.0 Å². The highest BCUT2D eigenvalue weighted by atomic mass is 35.5. The molecular weight excluding hydrogens is 284 g/mol. The lowest BCUT2D eigenvalue weighted by molar-refractivity contribution is 0.768. The second kappa shape index (κ2) is 5.30. The average molecular weight is 299 g/mol. The summed E-state index contributed by atoms with van der Waals surface area (Å²) >= 11 is 6.17. The van der Waals surface area contributed by atoms with Crippen LogP contribution in [-0.2, 0) is 7.05 Å². The van der Waals surface area contributed by atoms with Gasteiger partial charge in [-0.15, -0.1) is 0 Å². The Balaban J connectivity index is 2.16. The van der Waals surface area contributed by atoms with Crippen molar-refractivity contribution in [2.45, 2.75) is 13.8 Å². The maximum absolute atomic E-state index is 6.17. The summed E-state index contributed by atoms with van der Waals surface area (Å²) in [6, 6.07) is 7.85. The fourth-order valence-electron chi connectivity index (χ4n) is 2.23. The van der Waals surface area contributed by atoms with E-state index < -0.39 is 0 Å². The molecule has 3 rings (SSSR count). The van der Waals surface area contributed by atoms with Crippen LogP contribution < -0.4 is 0 Å². The van der Waals surface area contributed by atoms with Crippen LogP contribution in [0.3, 0.4) is 0 Å². The molecule has 0 radical (unpaired) electrons. The first kappa shape index (κ1) is 13.8. The van der Waals surface area contributed by atoms with Crippen molar-refractivity contribution in [3.63, 3.8) is 0 Å². The molecule has 0 fully saturated rings. The molecule has 0 atom stereocenters. The minimum atomic E-state index is 0.430. The Morgan fingerprint density at radius 1 is 1.14 bits per heavy atom. The molecule has 0 unspecified atom stereocenters. The minimum Gasteiger partial charge on any atom is -0.275 e. The molecule has 0 saturated heterocycles. The summed E-state index contributed by atoms with van der Waals surface area (Å²) in [4.78, 5) is 9.01. The fourth-order valence-corrected chi connectivity index (χ4v) is 2.42. The monoisotopic (exact) mass is 298 g/mol. The number of benzene rings is 1. The van der Waals surface area contributed by atoms with Crippen molar-refractivity contribution >= 4 is 11.6 Å². The van der Waals surface area contributed by atoms with Crippen molar-refractivity contribution < 1.29 is 0 Å². The number of hydrogen-bond donors (Lipinski definition) is 0. The third kappa shape index (κ3) is 2.67. The van der Waals surface area contributed by atoms with Crippen molar-refractivity contribution in [3.8, 4) is 22.6 Å². The number of rotatable bonds is 2. The van der Waals surface area contributed by atoms with E-state index in [0.29, 0.717) is 11.0 Å². The van der Waals surface area contributed by atoms with Gasteiger partial charge in [-0.25, -0.2) is 9.97 Å². The second-order valence-corrected chi connectivity index (χ2v) is 5.44. The summed E-state index contributed by atoms with van der Waals surface area (Å²) in [5.41, 5.74) is 5.07. The quantitative estimate of drug-likeness (QED) is 0.676. The van der Waals surface area contributed by atoms with E-state index in [0.717, 1.165) is 22.4 Å². The normalized spacial score (nSPS) is 10.9. The Morgan fingerprint density at radius 3 is 2.67 bits per heavy atom. The van der Waals surface area contributed by atoms with E-state index in [9.17, 15) is 0 Å². The number of halogens is 1. The number of aromatic nitrogens is 4. The first-order chi connectivity index (χ1) is 10.0. The van der Waals surface area contributed by atoms with Gasteiger partial charge in [-0.3, -0.25) is 4.68 Å². The van der Waals surface area contributed by atoms with Crippen LogP contribution in [0, 0.1) is 13.8 Å². The SMILES string of the molecule is Cc1cccc(-c2nc(Cl)cc(-c3cnn(C)c3)n2)c1C. The topological polar surface area (TPSA) is 43.6 Å². The molecule has 1 aromatic carbocycles. The van der Waals surface area contributed by atoms with Crippen molar-refractivity contribution in [2.24, 2.45) is 7.05 Å². The van der Waals surface area contributed by atoms with Crippen molar-refractivity contribution in [2.75, 3.05) is 0 Å². The number of hydrogen-bond acceptors (Lipinski definition) is 3. The first-order valence-electron chi connectivity index (χ1n) is 6.65. The van der Waals surface area contributed by atoms with E-state index in [-0.39, 0.29) is 0 Å². The summed E-state index contributed by atoms with van der Waals surface area (Å²) in [6.45, 7) is 4.14. The fraction of sp³-hybridized carbons (Fsp3) is 0.188. The lowest BCUT2D eigenvalue weighted by Gasteiger charge is -2.09. The van der Waals surface area contributed by atoms with Crippen molar-refractivity contribution in [1.82, 2.24) is 19.7 Å². The largest absolute Gasteiger partial charge is 0.275 e. The predicted octanol–water partition coefficient (Wildman–Crippen LogP) is 3.81. The van der Waals surface area contributed by atoms with Gasteiger partial charge in [0.1, 0.15) is 5.15 Å². The van der Waals surface area contributed by atoms with E-state index in [4.69, 9.17) is 11.6 Å². The van der Waals surface area contributed by atoms with Gasteiger partial charge >= 0.3 is 0 Å². The molecule has 0 bridgehead atoms. The van der Waals surface area contributed by atoms with Crippen LogP contribution in [0.1, 0.15) is 11.1 Å². The van der Waals surface area contributed by atoms with Crippen LogP contribution >= 0.6 is 11.6 Å². The van der Waals surface area contributed by atoms with Gasteiger partial charge in [0.2, 0.25) is 0 Å². The van der Waals surface area contributed by atoms with Crippen LogP contribution in [0.5, 0.6) is 0 Å². The van der Waals surface area contributed by atoms with Gasteiger partial charge in [0.15, 0.2) is 5.82 Å². The molecule has 3 aromatic rings. The summed E-state index contributed by atoms with van der Waals surface area (Å²) in [6.07, 6.45) is 3.68. The van der Waals surface area contributed by atoms with Gasteiger partial charge in [-0.2, -0.15) is 5.10 Å². The zero-order chi connectivity index (χ0) is 15.0. The van der Waals surface area contributed by atoms with Crippen molar-refractivity contribution in [1.29, 1.82) is 0 Å². The molecule has 0 amide bonds. The maximum Gasteiger partial charge on any atom is 0.161 e. The lowest BCUT2D eigenvalue weighted by Crippen LogP contribution is -1.95. The minimum absolute atomic E-state index is 0.430. The van der Waals surface area contributed by atoms with Gasteiger partial charge in [-0.1, -0.05) is 29.8 Å². The Bertz CT molecular complexity index is 808. The molecule has 0 N–H and O–H groups in total. The van der Waals surface area contributed by atoms with Gasteiger partial charge in [0.05, 0.1) is 11.9 Å². The van der Waals surface area contributed by atoms with Crippen molar-refractivity contribution in [3.05, 3.63) is 52.9 Å². The number of nitrogens with zero attached hydrogens (tertiary/aromatic N) is 4. The van der Waals surface area contributed by atoms with Crippen LogP contribution in [0.15, 0.2) is 36.7 Å². The average Bonchev–Trinajstić information content (AvgIpc) is 2.88. The van der Waals surface area contributed by atoms with E-state index in [1.54, 1.807) is 16.9 Å². The molecule has 106 valence electrons. The third-order valence-electron chi connectivity index (χ3n) is 3.54. The first-order valence-corrected chi connectivity index (χ1v) is 7.02. The van der Waals surface area contributed by atoms with Crippen LogP contribution in [0.4, 0.5) is 0 Å². The molecule has 0 aliphatic rings. The highest BCUT2D eigenvalue weighted by molar-refractivity contribution is 6.29. The molecule has 0 spiro atoms. The standard InChI is InChI=1S/C16H15ClN4/c1-10-5-4-6-13(11(10)2)16-19-14(7-15(17)20-16)12-8-18-21(3)9-12/h4-9H,1-3H3. The van der Waals surface area contributed by atoms with Crippen LogP contribution in [-0.4, -0.2) is 19.7 Å². The molecule has 4 nitrogen and oxygen atoms in total. The van der Waals surface area contributed by atoms with Gasteiger partial charge in [0.25, 0.3) is 0 Å².